The van der Waals surface area contributed by atoms with Gasteiger partial charge in [0, 0.05) is 16.8 Å². The number of amides is 3. The molecule has 0 fully saturated rings. The molecule has 0 radical (unpaired) electrons. The number of hydrogen-bond donors (Lipinski definition) is 2. The van der Waals surface area contributed by atoms with Crippen molar-refractivity contribution in [2.75, 3.05) is 31.7 Å². The number of aryl methyl sites for hydroxylation is 1. The van der Waals surface area contributed by atoms with Crippen LogP contribution in [-0.4, -0.2) is 51.1 Å². The van der Waals surface area contributed by atoms with Gasteiger partial charge in [-0.25, -0.2) is 4.79 Å². The van der Waals surface area contributed by atoms with E-state index in [2.05, 4.69) is 15.6 Å². The van der Waals surface area contributed by atoms with Crippen LogP contribution >= 0.6 is 0 Å². The second-order valence-electron chi connectivity index (χ2n) is 11.7. The second-order valence-corrected chi connectivity index (χ2v) is 11.7. The fourth-order valence-corrected chi connectivity index (χ4v) is 4.63. The maximum Gasteiger partial charge on any atom is 0.459 e. The van der Waals surface area contributed by atoms with Crippen molar-refractivity contribution in [3.63, 3.8) is 0 Å². The van der Waals surface area contributed by atoms with Crippen LogP contribution in [0.25, 0.3) is 0 Å². The fourth-order valence-electron chi connectivity index (χ4n) is 4.63. The number of anilines is 2. The largest absolute Gasteiger partial charge is 0.493 e. The Morgan fingerprint density at radius 1 is 0.796 bits per heavy atom. The molecule has 3 amide bonds. The summed E-state index contributed by atoms with van der Waals surface area (Å²) in [7, 11) is 4.33. The Balaban J connectivity index is 1.41. The zero-order valence-corrected chi connectivity index (χ0v) is 28.5. The van der Waals surface area contributed by atoms with Crippen molar-refractivity contribution in [2.45, 2.75) is 39.8 Å². The molecule has 0 aliphatic carbocycles. The molecule has 0 spiro atoms. The summed E-state index contributed by atoms with van der Waals surface area (Å²) in [5.74, 6) is 0.668. The Morgan fingerprint density at radius 2 is 1.45 bits per heavy atom. The number of hydrogen-bond acceptors (Lipinski definition) is 9. The first-order chi connectivity index (χ1) is 23.4. The second kappa shape index (κ2) is 16.2. The van der Waals surface area contributed by atoms with Crippen LogP contribution in [0.2, 0.25) is 0 Å². The molecule has 0 saturated carbocycles. The predicted octanol–water partition coefficient (Wildman–Crippen LogP) is 6.97. The lowest BCUT2D eigenvalue weighted by Crippen LogP contribution is -2.42. The van der Waals surface area contributed by atoms with Crippen molar-refractivity contribution >= 4 is 35.6 Å². The van der Waals surface area contributed by atoms with Crippen LogP contribution < -0.4 is 34.6 Å². The topological polar surface area (TPSA) is 137 Å². The summed E-state index contributed by atoms with van der Waals surface area (Å²) < 4.78 is 21.7. The Labute approximate surface area is 285 Å². The molecule has 2 N–H and O–H groups in total. The van der Waals surface area contributed by atoms with E-state index < -0.39 is 17.5 Å². The molecule has 0 aliphatic heterocycles. The van der Waals surface area contributed by atoms with Gasteiger partial charge in [0.25, 0.3) is 11.8 Å². The smallest absolute Gasteiger partial charge is 0.459 e. The Bertz CT molecular complexity index is 1780. The van der Waals surface area contributed by atoms with E-state index in [1.54, 1.807) is 42.5 Å². The molecule has 0 aromatic heterocycles. The number of nitrogens with one attached hydrogen (secondary N) is 2. The van der Waals surface area contributed by atoms with Crippen molar-refractivity contribution in [1.82, 2.24) is 5.32 Å². The minimum atomic E-state index is -0.985. The molecule has 0 atom stereocenters. The first-order valence-electron chi connectivity index (χ1n) is 15.3. The molecule has 0 saturated heterocycles. The molecule has 12 heteroatoms. The highest BCUT2D eigenvalue weighted by Gasteiger charge is 2.27. The third-order valence-electron chi connectivity index (χ3n) is 7.14. The molecule has 0 bridgehead atoms. The lowest BCUT2D eigenvalue weighted by Gasteiger charge is -2.34. The number of carbonyl (C=O) groups excluding carboxylic acids is 3. The van der Waals surface area contributed by atoms with Gasteiger partial charge in [-0.3, -0.25) is 9.59 Å². The number of rotatable bonds is 12. The molecule has 0 unspecified atom stereocenters. The van der Waals surface area contributed by atoms with E-state index in [1.807, 2.05) is 58.0 Å². The molecule has 4 rings (SSSR count). The maximum absolute atomic E-state index is 13.2. The molecule has 256 valence electrons. The van der Waals surface area contributed by atoms with Gasteiger partial charge in [-0.2, -0.15) is 10.1 Å². The molecule has 0 aliphatic rings. The van der Waals surface area contributed by atoms with Crippen LogP contribution in [0.4, 0.5) is 16.2 Å². The molecule has 4 aromatic rings. The van der Waals surface area contributed by atoms with E-state index >= 15 is 0 Å². The van der Waals surface area contributed by atoms with Gasteiger partial charge >= 0.3 is 6.09 Å². The number of nitrogens with zero attached hydrogens (tertiary/aromatic N) is 2. The lowest BCUT2D eigenvalue weighted by molar-refractivity contribution is 0.0975. The zero-order valence-electron chi connectivity index (χ0n) is 28.5. The Morgan fingerprint density at radius 3 is 2.04 bits per heavy atom. The van der Waals surface area contributed by atoms with Gasteiger partial charge < -0.3 is 34.4 Å². The van der Waals surface area contributed by atoms with E-state index in [0.29, 0.717) is 46.5 Å². The highest BCUT2D eigenvalue weighted by molar-refractivity contribution is 6.05. The van der Waals surface area contributed by atoms with Crippen LogP contribution in [0.5, 0.6) is 23.0 Å². The van der Waals surface area contributed by atoms with Gasteiger partial charge in [0.05, 0.1) is 32.6 Å². The quantitative estimate of drug-likeness (QED) is 0.0932. The highest BCUT2D eigenvalue weighted by Crippen LogP contribution is 2.38. The van der Waals surface area contributed by atoms with E-state index in [-0.39, 0.29) is 11.5 Å². The van der Waals surface area contributed by atoms with Crippen molar-refractivity contribution < 1.29 is 38.2 Å². The Kier molecular flexibility index (Phi) is 11.8. The highest BCUT2D eigenvalue weighted by atomic mass is 16.7. The van der Waals surface area contributed by atoms with Gasteiger partial charge in [0.2, 0.25) is 5.75 Å². The summed E-state index contributed by atoms with van der Waals surface area (Å²) in [6, 6.07) is 24.9. The number of ether oxygens (including phenoxy) is 4. The van der Waals surface area contributed by atoms with Crippen molar-refractivity contribution in [3.05, 3.63) is 107 Å². The fraction of sp³-hybridized carbons (Fsp3) is 0.243. The van der Waals surface area contributed by atoms with Crippen molar-refractivity contribution in [3.8, 4) is 23.0 Å². The summed E-state index contributed by atoms with van der Waals surface area (Å²) >= 11 is 0. The maximum atomic E-state index is 13.2. The van der Waals surface area contributed by atoms with Gasteiger partial charge in [-0.1, -0.05) is 36.4 Å². The van der Waals surface area contributed by atoms with Gasteiger partial charge in [-0.15, -0.1) is 0 Å². The first kappa shape index (κ1) is 35.8. The molecule has 0 heterocycles. The van der Waals surface area contributed by atoms with Gasteiger partial charge in [0.15, 0.2) is 11.5 Å². The summed E-state index contributed by atoms with van der Waals surface area (Å²) in [4.78, 5) is 48.1. The molecule has 12 nitrogen and oxygen atoms in total. The first-order valence-corrected chi connectivity index (χ1v) is 15.3. The van der Waals surface area contributed by atoms with E-state index in [9.17, 15) is 14.4 Å². The number of hydroxylamine groups is 1. The normalized spacial score (nSPS) is 11.0. The van der Waals surface area contributed by atoms with E-state index in [4.69, 9.17) is 23.8 Å². The molecular weight excluding hydrogens is 628 g/mol. The predicted molar refractivity (Wildman–Crippen MR) is 187 cm³/mol. The van der Waals surface area contributed by atoms with E-state index in [1.165, 1.54) is 38.5 Å². The Hall–Kier alpha value is -6.04. The number of methoxy groups -OCH3 is 3. The summed E-state index contributed by atoms with van der Waals surface area (Å²) in [6.45, 7) is 7.80. The summed E-state index contributed by atoms with van der Waals surface area (Å²) in [5, 5.41) is 6.75. The SMILES string of the molecule is COc1cc(C(=O)NC=NC(=O)ON(c2ccc(C)c(NC(=O)c3ccc(OCc4ccccc4)cc3)c2)C(C)(C)C)cc(OC)c1OC. The molecular formula is C37H40N4O8. The number of aliphatic imine (C=N–C) groups is 1. The van der Waals surface area contributed by atoms with Crippen LogP contribution in [0.3, 0.4) is 0 Å². The van der Waals surface area contributed by atoms with Crippen LogP contribution in [0.15, 0.2) is 89.9 Å². The standard InChI is InChI=1S/C37H40N4O8/c1-24-13-16-28(21-30(24)40-35(43)26-14-17-29(18-15-26)48-22-25-11-9-8-10-12-25)41(37(2,3)4)49-36(44)39-23-38-34(42)27-19-31(45-5)33(47-7)32(20-27)46-6/h8-21,23H,22H2,1-7H3,(H,40,43)(H,38,39,42,44). The lowest BCUT2D eigenvalue weighted by atomic mass is 10.1. The average Bonchev–Trinajstić information content (AvgIpc) is 3.10. The minimum absolute atomic E-state index is 0.187. The molecule has 49 heavy (non-hydrogen) atoms. The van der Waals surface area contributed by atoms with Gasteiger partial charge in [-0.05, 0) is 87.4 Å². The van der Waals surface area contributed by atoms with E-state index in [0.717, 1.165) is 17.5 Å². The molecule has 4 aromatic carbocycles. The average molecular weight is 669 g/mol. The third-order valence-corrected chi connectivity index (χ3v) is 7.14. The number of benzene rings is 4. The van der Waals surface area contributed by atoms with Crippen LogP contribution in [-0.2, 0) is 11.4 Å². The van der Waals surface area contributed by atoms with Crippen LogP contribution in [0, 0.1) is 6.92 Å². The van der Waals surface area contributed by atoms with Crippen molar-refractivity contribution in [2.24, 2.45) is 4.99 Å². The third kappa shape index (κ3) is 9.50. The van der Waals surface area contributed by atoms with Crippen molar-refractivity contribution in [1.29, 1.82) is 0 Å². The zero-order chi connectivity index (χ0) is 35.6. The monoisotopic (exact) mass is 668 g/mol. The summed E-state index contributed by atoms with van der Waals surface area (Å²) in [6.07, 6.45) is -0.0474. The summed E-state index contributed by atoms with van der Waals surface area (Å²) in [5.41, 5.74) is 2.78. The number of carbonyl (C=O) groups is 3. The van der Waals surface area contributed by atoms with Crippen LogP contribution in [0.1, 0.15) is 52.6 Å². The van der Waals surface area contributed by atoms with Gasteiger partial charge in [0.1, 0.15) is 18.7 Å². The minimum Gasteiger partial charge on any atom is -0.493 e.